The summed E-state index contributed by atoms with van der Waals surface area (Å²) in [6.07, 6.45) is 2.95. The first kappa shape index (κ1) is 13.9. The second-order valence-electron chi connectivity index (χ2n) is 4.83. The molecule has 1 fully saturated rings. The van der Waals surface area contributed by atoms with E-state index in [9.17, 15) is 4.79 Å². The van der Waals surface area contributed by atoms with E-state index in [0.29, 0.717) is 22.8 Å². The van der Waals surface area contributed by atoms with Crippen molar-refractivity contribution in [3.63, 3.8) is 0 Å². The molecule has 0 heterocycles. The summed E-state index contributed by atoms with van der Waals surface area (Å²) in [5.74, 6) is 0.252. The lowest BCUT2D eigenvalue weighted by atomic mass is 9.95. The van der Waals surface area contributed by atoms with Gasteiger partial charge in [0, 0.05) is 11.6 Å². The number of amides is 1. The molecular weight excluding hydrogens is 262 g/mol. The number of anilines is 1. The number of nitriles is 1. The number of hydrogen-bond acceptors (Lipinski definition) is 3. The molecule has 1 aromatic carbocycles. The Morgan fingerprint density at radius 2 is 2.32 bits per heavy atom. The lowest BCUT2D eigenvalue weighted by Crippen LogP contribution is -2.29. The van der Waals surface area contributed by atoms with Crippen LogP contribution in [0, 0.1) is 23.2 Å². The number of nitrogens with zero attached hydrogens (tertiary/aromatic N) is 1. The third kappa shape index (κ3) is 3.06. The highest BCUT2D eigenvalue weighted by Gasteiger charge is 2.31. The highest BCUT2D eigenvalue weighted by atomic mass is 35.5. The van der Waals surface area contributed by atoms with Gasteiger partial charge in [-0.2, -0.15) is 5.26 Å². The van der Waals surface area contributed by atoms with Crippen LogP contribution in [0.2, 0.25) is 5.02 Å². The van der Waals surface area contributed by atoms with Crippen LogP contribution in [0.1, 0.15) is 24.8 Å². The van der Waals surface area contributed by atoms with Crippen LogP contribution in [-0.2, 0) is 4.79 Å². The van der Waals surface area contributed by atoms with Crippen molar-refractivity contribution in [2.75, 3.05) is 11.9 Å². The van der Waals surface area contributed by atoms with Gasteiger partial charge in [0.1, 0.15) is 6.07 Å². The third-order valence-corrected chi connectivity index (χ3v) is 3.97. The van der Waals surface area contributed by atoms with E-state index >= 15 is 0 Å². The number of halogens is 1. The monoisotopic (exact) mass is 277 g/mol. The van der Waals surface area contributed by atoms with Gasteiger partial charge in [0.05, 0.1) is 10.6 Å². The average Bonchev–Trinajstić information content (AvgIpc) is 2.87. The standard InChI is InChI=1S/C14H16ClN3O/c15-13-6-11(5-4-10(13)8-17)18-14(19)12-3-1-2-9(12)7-16/h4-6,9,12H,1-3,7,16H2,(H,18,19). The molecule has 3 N–H and O–H groups in total. The second-order valence-corrected chi connectivity index (χ2v) is 5.24. The molecule has 0 aromatic heterocycles. The van der Waals surface area contributed by atoms with E-state index in [1.165, 1.54) is 0 Å². The molecule has 0 radical (unpaired) electrons. The van der Waals surface area contributed by atoms with Crippen LogP contribution in [-0.4, -0.2) is 12.5 Å². The summed E-state index contributed by atoms with van der Waals surface area (Å²) in [5.41, 5.74) is 6.71. The van der Waals surface area contributed by atoms with Gasteiger partial charge in [-0.3, -0.25) is 4.79 Å². The third-order valence-electron chi connectivity index (χ3n) is 3.66. The smallest absolute Gasteiger partial charge is 0.227 e. The Morgan fingerprint density at radius 3 is 2.95 bits per heavy atom. The molecule has 2 rings (SSSR count). The highest BCUT2D eigenvalue weighted by molar-refractivity contribution is 6.32. The molecule has 1 amide bonds. The van der Waals surface area contributed by atoms with E-state index < -0.39 is 0 Å². The van der Waals surface area contributed by atoms with Crippen LogP contribution < -0.4 is 11.1 Å². The predicted octanol–water partition coefficient (Wildman–Crippen LogP) is 2.53. The number of nitrogens with two attached hydrogens (primary N) is 1. The molecular formula is C14H16ClN3O. The van der Waals surface area contributed by atoms with E-state index in [0.717, 1.165) is 19.3 Å². The molecule has 0 aliphatic heterocycles. The van der Waals surface area contributed by atoms with Crippen LogP contribution in [0.4, 0.5) is 5.69 Å². The molecule has 0 saturated heterocycles. The summed E-state index contributed by atoms with van der Waals surface area (Å²) in [5, 5.41) is 12.0. The minimum absolute atomic E-state index is 0.00581. The largest absolute Gasteiger partial charge is 0.330 e. The van der Waals surface area contributed by atoms with Gasteiger partial charge in [0.15, 0.2) is 0 Å². The highest BCUT2D eigenvalue weighted by Crippen LogP contribution is 2.32. The van der Waals surface area contributed by atoms with E-state index in [2.05, 4.69) is 5.32 Å². The Labute approximate surface area is 117 Å². The van der Waals surface area contributed by atoms with Crippen molar-refractivity contribution in [2.24, 2.45) is 17.6 Å². The normalized spacial score (nSPS) is 21.9. The summed E-state index contributed by atoms with van der Waals surface area (Å²) in [6, 6.07) is 6.88. The number of hydrogen-bond donors (Lipinski definition) is 2. The molecule has 1 saturated carbocycles. The molecule has 100 valence electrons. The zero-order chi connectivity index (χ0) is 13.8. The summed E-state index contributed by atoms with van der Waals surface area (Å²) in [6.45, 7) is 0.548. The van der Waals surface area contributed by atoms with E-state index in [1.807, 2.05) is 6.07 Å². The minimum atomic E-state index is -0.0144. The average molecular weight is 278 g/mol. The number of benzene rings is 1. The van der Waals surface area contributed by atoms with Gasteiger partial charge in [0.25, 0.3) is 0 Å². The van der Waals surface area contributed by atoms with Crippen LogP contribution in [0.15, 0.2) is 18.2 Å². The fraction of sp³-hybridized carbons (Fsp3) is 0.429. The molecule has 19 heavy (non-hydrogen) atoms. The fourth-order valence-electron chi connectivity index (χ4n) is 2.58. The Morgan fingerprint density at radius 1 is 1.53 bits per heavy atom. The van der Waals surface area contributed by atoms with E-state index in [1.54, 1.807) is 18.2 Å². The Balaban J connectivity index is 2.07. The van der Waals surface area contributed by atoms with Crippen molar-refractivity contribution in [2.45, 2.75) is 19.3 Å². The van der Waals surface area contributed by atoms with Gasteiger partial charge in [-0.15, -0.1) is 0 Å². The number of nitrogens with one attached hydrogen (secondary N) is 1. The van der Waals surface area contributed by atoms with E-state index in [4.69, 9.17) is 22.6 Å². The molecule has 0 bridgehead atoms. The molecule has 1 aliphatic rings. The molecule has 5 heteroatoms. The Bertz CT molecular complexity index is 524. The number of carbonyl (C=O) groups is 1. The molecule has 1 aromatic rings. The molecule has 0 spiro atoms. The Kier molecular flexibility index (Phi) is 4.41. The Hall–Kier alpha value is -1.57. The van der Waals surface area contributed by atoms with Crippen molar-refractivity contribution in [1.29, 1.82) is 5.26 Å². The number of rotatable bonds is 3. The van der Waals surface area contributed by atoms with Crippen molar-refractivity contribution in [3.8, 4) is 6.07 Å². The molecule has 4 nitrogen and oxygen atoms in total. The van der Waals surface area contributed by atoms with Crippen LogP contribution in [0.5, 0.6) is 0 Å². The van der Waals surface area contributed by atoms with Gasteiger partial charge in [-0.1, -0.05) is 18.0 Å². The van der Waals surface area contributed by atoms with Gasteiger partial charge < -0.3 is 11.1 Å². The summed E-state index contributed by atoms with van der Waals surface area (Å²) in [7, 11) is 0. The van der Waals surface area contributed by atoms with Gasteiger partial charge in [-0.05, 0) is 43.5 Å². The molecule has 2 atom stereocenters. The van der Waals surface area contributed by atoms with Crippen molar-refractivity contribution in [3.05, 3.63) is 28.8 Å². The zero-order valence-corrected chi connectivity index (χ0v) is 11.3. The van der Waals surface area contributed by atoms with Crippen molar-refractivity contribution in [1.82, 2.24) is 0 Å². The first-order chi connectivity index (χ1) is 9.15. The van der Waals surface area contributed by atoms with Crippen molar-refractivity contribution < 1.29 is 4.79 Å². The number of carbonyl (C=O) groups excluding carboxylic acids is 1. The maximum absolute atomic E-state index is 12.2. The zero-order valence-electron chi connectivity index (χ0n) is 10.5. The summed E-state index contributed by atoms with van der Waals surface area (Å²) < 4.78 is 0. The maximum Gasteiger partial charge on any atom is 0.227 e. The second kappa shape index (κ2) is 6.05. The van der Waals surface area contributed by atoms with Crippen LogP contribution in [0.25, 0.3) is 0 Å². The predicted molar refractivity (Wildman–Crippen MR) is 74.7 cm³/mol. The topological polar surface area (TPSA) is 78.9 Å². The maximum atomic E-state index is 12.2. The lowest BCUT2D eigenvalue weighted by molar-refractivity contribution is -0.120. The molecule has 2 unspecified atom stereocenters. The minimum Gasteiger partial charge on any atom is -0.330 e. The SMILES string of the molecule is N#Cc1ccc(NC(=O)C2CCCC2CN)cc1Cl. The van der Waals surface area contributed by atoms with Gasteiger partial charge in [-0.25, -0.2) is 0 Å². The lowest BCUT2D eigenvalue weighted by Gasteiger charge is -2.17. The quantitative estimate of drug-likeness (QED) is 0.891. The van der Waals surface area contributed by atoms with Crippen LogP contribution in [0.3, 0.4) is 0 Å². The molecule has 1 aliphatic carbocycles. The summed E-state index contributed by atoms with van der Waals surface area (Å²) >= 11 is 5.93. The fourth-order valence-corrected chi connectivity index (χ4v) is 2.81. The first-order valence-electron chi connectivity index (χ1n) is 6.36. The first-order valence-corrected chi connectivity index (χ1v) is 6.74. The van der Waals surface area contributed by atoms with E-state index in [-0.39, 0.29) is 17.7 Å². The summed E-state index contributed by atoms with van der Waals surface area (Å²) in [4.78, 5) is 12.2. The van der Waals surface area contributed by atoms with Crippen LogP contribution >= 0.6 is 11.6 Å². The van der Waals surface area contributed by atoms with Gasteiger partial charge >= 0.3 is 0 Å². The van der Waals surface area contributed by atoms with Crippen molar-refractivity contribution >= 4 is 23.2 Å². The van der Waals surface area contributed by atoms with Gasteiger partial charge in [0.2, 0.25) is 5.91 Å².